The van der Waals surface area contributed by atoms with Crippen molar-refractivity contribution in [3.8, 4) is 5.75 Å². The van der Waals surface area contributed by atoms with E-state index in [1.54, 1.807) is 0 Å². The Morgan fingerprint density at radius 2 is 2.00 bits per heavy atom. The van der Waals surface area contributed by atoms with Crippen molar-refractivity contribution in [3.63, 3.8) is 0 Å². The highest BCUT2D eigenvalue weighted by Gasteiger charge is 2.30. The molecule has 0 unspecified atom stereocenters. The zero-order valence-corrected chi connectivity index (χ0v) is 12.4. The summed E-state index contributed by atoms with van der Waals surface area (Å²) in [5.41, 5.74) is -0.687. The third-order valence-electron chi connectivity index (χ3n) is 2.39. The fourth-order valence-corrected chi connectivity index (χ4v) is 1.93. The Labute approximate surface area is 119 Å². The highest BCUT2D eigenvalue weighted by atomic mass is 79.9. The Morgan fingerprint density at radius 1 is 1.32 bits per heavy atom. The van der Waals surface area contributed by atoms with E-state index in [0.29, 0.717) is 22.9 Å². The fourth-order valence-electron chi connectivity index (χ4n) is 1.44. The van der Waals surface area contributed by atoms with Gasteiger partial charge in [0.1, 0.15) is 5.75 Å². The Morgan fingerprint density at radius 3 is 2.53 bits per heavy atom. The average molecular weight is 340 g/mol. The summed E-state index contributed by atoms with van der Waals surface area (Å²) in [5, 5.41) is 3.23. The molecule has 108 valence electrons. The first-order valence-electron chi connectivity index (χ1n) is 6.03. The smallest absolute Gasteiger partial charge is 0.416 e. The van der Waals surface area contributed by atoms with Crippen molar-refractivity contribution >= 4 is 15.9 Å². The maximum Gasteiger partial charge on any atom is 0.416 e. The molecule has 0 saturated carbocycles. The fraction of sp³-hybridized carbons (Fsp3) is 0.538. The molecule has 0 heterocycles. The number of hydrogen-bond donors (Lipinski definition) is 1. The van der Waals surface area contributed by atoms with Gasteiger partial charge < -0.3 is 10.1 Å². The van der Waals surface area contributed by atoms with Crippen molar-refractivity contribution in [1.82, 2.24) is 5.32 Å². The SMILES string of the molecule is CC(C)NCCCOc1ccc(C(F)(F)F)cc1Br. The molecule has 1 rings (SSSR count). The molecule has 0 aromatic heterocycles. The quantitative estimate of drug-likeness (QED) is 0.783. The normalized spacial score (nSPS) is 11.9. The molecule has 0 radical (unpaired) electrons. The van der Waals surface area contributed by atoms with E-state index in [1.807, 2.05) is 13.8 Å². The van der Waals surface area contributed by atoms with Gasteiger partial charge in [-0.25, -0.2) is 0 Å². The van der Waals surface area contributed by atoms with Gasteiger partial charge in [-0.3, -0.25) is 0 Å². The van der Waals surface area contributed by atoms with Crippen LogP contribution in [-0.2, 0) is 6.18 Å². The average Bonchev–Trinajstić information content (AvgIpc) is 2.28. The zero-order chi connectivity index (χ0) is 14.5. The lowest BCUT2D eigenvalue weighted by atomic mass is 10.2. The standard InChI is InChI=1S/C13H17BrF3NO/c1-9(2)18-6-3-7-19-12-5-4-10(8-11(12)14)13(15,16)17/h4-5,8-9,18H,3,6-7H2,1-2H3. The number of nitrogens with one attached hydrogen (secondary N) is 1. The molecule has 1 aromatic carbocycles. The summed E-state index contributed by atoms with van der Waals surface area (Å²) in [6, 6.07) is 3.80. The first-order chi connectivity index (χ1) is 8.80. The van der Waals surface area contributed by atoms with Gasteiger partial charge in [-0.1, -0.05) is 13.8 Å². The van der Waals surface area contributed by atoms with Crippen LogP contribution < -0.4 is 10.1 Å². The summed E-state index contributed by atoms with van der Waals surface area (Å²) in [6.07, 6.45) is -3.53. The minimum absolute atomic E-state index is 0.319. The summed E-state index contributed by atoms with van der Waals surface area (Å²) in [6.45, 7) is 5.38. The number of ether oxygens (including phenoxy) is 1. The predicted octanol–water partition coefficient (Wildman–Crippen LogP) is 4.23. The summed E-state index contributed by atoms with van der Waals surface area (Å²) in [7, 11) is 0. The van der Waals surface area contributed by atoms with Gasteiger partial charge >= 0.3 is 6.18 Å². The van der Waals surface area contributed by atoms with Crippen LogP contribution in [0.5, 0.6) is 5.75 Å². The highest BCUT2D eigenvalue weighted by molar-refractivity contribution is 9.10. The van der Waals surface area contributed by atoms with Crippen LogP contribution >= 0.6 is 15.9 Å². The van der Waals surface area contributed by atoms with Gasteiger partial charge in [0.05, 0.1) is 16.6 Å². The summed E-state index contributed by atoms with van der Waals surface area (Å²) < 4.78 is 43.1. The van der Waals surface area contributed by atoms with Gasteiger partial charge in [-0.15, -0.1) is 0 Å². The van der Waals surface area contributed by atoms with Gasteiger partial charge in [-0.05, 0) is 47.1 Å². The van der Waals surface area contributed by atoms with E-state index < -0.39 is 11.7 Å². The first kappa shape index (κ1) is 16.3. The van der Waals surface area contributed by atoms with Crippen LogP contribution in [0, 0.1) is 0 Å². The van der Waals surface area contributed by atoms with Gasteiger partial charge in [0.2, 0.25) is 0 Å². The molecule has 0 spiro atoms. The van der Waals surface area contributed by atoms with E-state index in [9.17, 15) is 13.2 Å². The second kappa shape index (κ2) is 7.14. The first-order valence-corrected chi connectivity index (χ1v) is 6.83. The van der Waals surface area contributed by atoms with Crippen LogP contribution in [0.1, 0.15) is 25.8 Å². The van der Waals surface area contributed by atoms with Crippen molar-refractivity contribution in [2.24, 2.45) is 0 Å². The highest BCUT2D eigenvalue weighted by Crippen LogP contribution is 2.34. The molecule has 1 N–H and O–H groups in total. The number of hydrogen-bond acceptors (Lipinski definition) is 2. The lowest BCUT2D eigenvalue weighted by molar-refractivity contribution is -0.137. The van der Waals surface area contributed by atoms with Gasteiger partial charge in [0.15, 0.2) is 0 Å². The Kier molecular flexibility index (Phi) is 6.13. The summed E-state index contributed by atoms with van der Waals surface area (Å²) in [5.74, 6) is 0.428. The van der Waals surface area contributed by atoms with Crippen LogP contribution in [0.25, 0.3) is 0 Å². The number of halogens is 4. The van der Waals surface area contributed by atoms with Gasteiger partial charge in [0, 0.05) is 6.04 Å². The molecule has 0 aliphatic rings. The molecule has 6 heteroatoms. The van der Waals surface area contributed by atoms with Crippen LogP contribution in [0.3, 0.4) is 0 Å². The van der Waals surface area contributed by atoms with E-state index in [1.165, 1.54) is 6.07 Å². The van der Waals surface area contributed by atoms with E-state index in [0.717, 1.165) is 25.1 Å². The summed E-state index contributed by atoms with van der Waals surface area (Å²) >= 11 is 3.09. The third kappa shape index (κ3) is 5.82. The van der Waals surface area contributed by atoms with Crippen LogP contribution in [-0.4, -0.2) is 19.2 Å². The molecular weight excluding hydrogens is 323 g/mol. The monoisotopic (exact) mass is 339 g/mol. The maximum absolute atomic E-state index is 12.5. The van der Waals surface area contributed by atoms with Gasteiger partial charge in [-0.2, -0.15) is 13.2 Å². The molecule has 0 saturated heterocycles. The zero-order valence-electron chi connectivity index (χ0n) is 10.9. The lowest BCUT2D eigenvalue weighted by Crippen LogP contribution is -2.24. The minimum Gasteiger partial charge on any atom is -0.492 e. The molecule has 0 amide bonds. The number of benzene rings is 1. The van der Waals surface area contributed by atoms with Crippen molar-refractivity contribution < 1.29 is 17.9 Å². The largest absolute Gasteiger partial charge is 0.492 e. The Hall–Kier alpha value is -0.750. The minimum atomic E-state index is -4.33. The van der Waals surface area contributed by atoms with E-state index in [4.69, 9.17) is 4.74 Å². The maximum atomic E-state index is 12.5. The van der Waals surface area contributed by atoms with Crippen LogP contribution in [0.15, 0.2) is 22.7 Å². The number of alkyl halides is 3. The molecule has 0 aliphatic carbocycles. The molecule has 19 heavy (non-hydrogen) atoms. The van der Waals surface area contributed by atoms with E-state index in [-0.39, 0.29) is 0 Å². The third-order valence-corrected chi connectivity index (χ3v) is 3.01. The topological polar surface area (TPSA) is 21.3 Å². The number of rotatable bonds is 6. The van der Waals surface area contributed by atoms with Crippen molar-refractivity contribution in [3.05, 3.63) is 28.2 Å². The van der Waals surface area contributed by atoms with Crippen LogP contribution in [0.2, 0.25) is 0 Å². The molecular formula is C13H17BrF3NO. The molecule has 1 aromatic rings. The molecule has 0 atom stereocenters. The molecule has 0 bridgehead atoms. The Bertz CT molecular complexity index is 407. The van der Waals surface area contributed by atoms with Gasteiger partial charge in [0.25, 0.3) is 0 Å². The molecule has 2 nitrogen and oxygen atoms in total. The second-order valence-corrected chi connectivity index (χ2v) is 5.31. The van der Waals surface area contributed by atoms with Crippen molar-refractivity contribution in [2.45, 2.75) is 32.5 Å². The van der Waals surface area contributed by atoms with E-state index >= 15 is 0 Å². The van der Waals surface area contributed by atoms with Crippen molar-refractivity contribution in [1.29, 1.82) is 0 Å². The second-order valence-electron chi connectivity index (χ2n) is 4.45. The summed E-state index contributed by atoms with van der Waals surface area (Å²) in [4.78, 5) is 0. The Balaban J connectivity index is 2.47. The predicted molar refractivity (Wildman–Crippen MR) is 72.4 cm³/mol. The van der Waals surface area contributed by atoms with Crippen molar-refractivity contribution in [2.75, 3.05) is 13.2 Å². The van der Waals surface area contributed by atoms with E-state index in [2.05, 4.69) is 21.2 Å². The van der Waals surface area contributed by atoms with Crippen LogP contribution in [0.4, 0.5) is 13.2 Å². The molecule has 0 fully saturated rings. The lowest BCUT2D eigenvalue weighted by Gasteiger charge is -2.12. The molecule has 0 aliphatic heterocycles.